The average molecular weight is 393 g/mol. The molecular formula is C18H25N4O4S-. The lowest BCUT2D eigenvalue weighted by Gasteiger charge is -2.24. The topological polar surface area (TPSA) is 110 Å². The van der Waals surface area contributed by atoms with E-state index in [-0.39, 0.29) is 12.5 Å². The molecule has 1 aromatic heterocycles. The summed E-state index contributed by atoms with van der Waals surface area (Å²) in [5.41, 5.74) is 1.01. The molecule has 0 bridgehead atoms. The van der Waals surface area contributed by atoms with E-state index in [4.69, 9.17) is 4.74 Å². The van der Waals surface area contributed by atoms with E-state index in [2.05, 4.69) is 14.7 Å². The summed E-state index contributed by atoms with van der Waals surface area (Å²) < 4.78 is 29.0. The molecule has 148 valence electrons. The van der Waals surface area contributed by atoms with Crippen LogP contribution in [0.5, 0.6) is 0 Å². The predicted octanol–water partition coefficient (Wildman–Crippen LogP) is 2.00. The first-order valence-electron chi connectivity index (χ1n) is 8.58. The zero-order chi connectivity index (χ0) is 19.9. The summed E-state index contributed by atoms with van der Waals surface area (Å²) >= 11 is -2.34. The highest BCUT2D eigenvalue weighted by Crippen LogP contribution is 2.12. The van der Waals surface area contributed by atoms with Crippen LogP contribution in [0.25, 0.3) is 0 Å². The third kappa shape index (κ3) is 8.33. The molecule has 2 aromatic rings. The van der Waals surface area contributed by atoms with Gasteiger partial charge in [0.05, 0.1) is 13.1 Å². The maximum absolute atomic E-state index is 12.2. The molecule has 1 unspecified atom stereocenters. The van der Waals surface area contributed by atoms with Crippen LogP contribution in [0.4, 0.5) is 5.69 Å². The Kier molecular flexibility index (Phi) is 7.52. The third-order valence-corrected chi connectivity index (χ3v) is 3.98. The molecule has 0 saturated heterocycles. The minimum Gasteiger partial charge on any atom is -0.755 e. The van der Waals surface area contributed by atoms with Crippen LogP contribution in [0.15, 0.2) is 36.7 Å². The first-order chi connectivity index (χ1) is 12.7. The highest BCUT2D eigenvalue weighted by molar-refractivity contribution is 7.80. The largest absolute Gasteiger partial charge is 0.755 e. The first kappa shape index (κ1) is 21.1. The van der Waals surface area contributed by atoms with Gasteiger partial charge in [-0.15, -0.1) is 0 Å². The van der Waals surface area contributed by atoms with Gasteiger partial charge in [0.1, 0.15) is 11.4 Å². The fourth-order valence-electron chi connectivity index (χ4n) is 2.49. The van der Waals surface area contributed by atoms with Crippen molar-refractivity contribution in [1.82, 2.24) is 14.9 Å². The number of aromatic nitrogens is 2. The van der Waals surface area contributed by atoms with Crippen molar-refractivity contribution in [3.05, 3.63) is 48.0 Å². The van der Waals surface area contributed by atoms with Gasteiger partial charge in [0, 0.05) is 35.9 Å². The Morgan fingerprint density at radius 3 is 2.59 bits per heavy atom. The molecule has 0 aliphatic heterocycles. The van der Waals surface area contributed by atoms with E-state index >= 15 is 0 Å². The number of imidazole rings is 1. The number of benzene rings is 1. The molecule has 0 aliphatic carbocycles. The number of H-pyrrole nitrogens is 1. The van der Waals surface area contributed by atoms with Gasteiger partial charge in [-0.05, 0) is 44.9 Å². The van der Waals surface area contributed by atoms with Crippen molar-refractivity contribution < 1.29 is 18.3 Å². The molecular weight excluding hydrogens is 368 g/mol. The summed E-state index contributed by atoms with van der Waals surface area (Å²) in [6, 6.07) is 7.12. The Hall–Kier alpha value is -2.23. The number of anilines is 1. The van der Waals surface area contributed by atoms with Gasteiger partial charge in [0.2, 0.25) is 0 Å². The Morgan fingerprint density at radius 1 is 1.33 bits per heavy atom. The van der Waals surface area contributed by atoms with Gasteiger partial charge in [-0.1, -0.05) is 12.1 Å². The van der Waals surface area contributed by atoms with Crippen molar-refractivity contribution in [3.8, 4) is 0 Å². The number of nitrogens with zero attached hydrogens (tertiary/aromatic N) is 2. The zero-order valence-corrected chi connectivity index (χ0v) is 16.5. The summed E-state index contributed by atoms with van der Waals surface area (Å²) in [5.74, 6) is 0.488. The van der Waals surface area contributed by atoms with Crippen molar-refractivity contribution >= 4 is 22.9 Å². The Balaban J connectivity index is 1.96. The molecule has 0 spiro atoms. The highest BCUT2D eigenvalue weighted by atomic mass is 32.2. The Bertz CT molecular complexity index is 742. The van der Waals surface area contributed by atoms with Crippen LogP contribution in [0.3, 0.4) is 0 Å². The molecule has 2 N–H and O–H groups in total. The van der Waals surface area contributed by atoms with Crippen LogP contribution in [0, 0.1) is 0 Å². The van der Waals surface area contributed by atoms with Gasteiger partial charge in [-0.2, -0.15) is 0 Å². The van der Waals surface area contributed by atoms with Crippen molar-refractivity contribution in [2.24, 2.45) is 0 Å². The maximum atomic E-state index is 12.2. The molecule has 1 atom stereocenters. The third-order valence-electron chi connectivity index (χ3n) is 3.57. The summed E-state index contributed by atoms with van der Waals surface area (Å²) in [6.45, 7) is 6.80. The molecule has 0 amide bonds. The fraction of sp³-hybridized carbons (Fsp3) is 0.444. The van der Waals surface area contributed by atoms with Gasteiger partial charge in [0.15, 0.2) is 0 Å². The van der Waals surface area contributed by atoms with Crippen molar-refractivity contribution in [3.63, 3.8) is 0 Å². The second kappa shape index (κ2) is 9.63. The molecule has 0 aliphatic rings. The second-order valence-electron chi connectivity index (χ2n) is 7.12. The van der Waals surface area contributed by atoms with E-state index in [0.717, 1.165) is 11.4 Å². The maximum Gasteiger partial charge on any atom is 0.320 e. The van der Waals surface area contributed by atoms with Gasteiger partial charge < -0.3 is 19.0 Å². The van der Waals surface area contributed by atoms with E-state index in [1.807, 2.05) is 37.8 Å². The van der Waals surface area contributed by atoms with E-state index in [0.29, 0.717) is 25.2 Å². The number of hydrogen-bond donors (Lipinski definition) is 2. The minimum absolute atomic E-state index is 0.159. The van der Waals surface area contributed by atoms with Crippen molar-refractivity contribution in [2.45, 2.75) is 39.3 Å². The summed E-state index contributed by atoms with van der Waals surface area (Å²) in [6.07, 6.45) is 4.11. The number of hydrogen-bond acceptors (Lipinski definition) is 6. The molecule has 2 rings (SSSR count). The molecule has 9 heteroatoms. The van der Waals surface area contributed by atoms with Crippen LogP contribution in [-0.4, -0.2) is 48.3 Å². The van der Waals surface area contributed by atoms with Crippen molar-refractivity contribution in [1.29, 1.82) is 0 Å². The summed E-state index contributed by atoms with van der Waals surface area (Å²) in [4.78, 5) is 21.4. The molecule has 0 radical (unpaired) electrons. The SMILES string of the molecule is CC(C)(C)OC(=O)CN(CCc1ccc(NS(=O)[O-])cc1)Cc1ncc[nH]1. The quantitative estimate of drug-likeness (QED) is 0.498. The van der Waals surface area contributed by atoms with Crippen LogP contribution in [0.1, 0.15) is 32.2 Å². The number of carbonyl (C=O) groups excluding carboxylic acids is 1. The fourth-order valence-corrected chi connectivity index (χ4v) is 2.82. The average Bonchev–Trinajstić information content (AvgIpc) is 3.04. The number of carbonyl (C=O) groups is 1. The van der Waals surface area contributed by atoms with Gasteiger partial charge >= 0.3 is 5.97 Å². The van der Waals surface area contributed by atoms with E-state index in [1.54, 1.807) is 24.5 Å². The molecule has 8 nitrogen and oxygen atoms in total. The van der Waals surface area contributed by atoms with Crippen molar-refractivity contribution in [2.75, 3.05) is 17.8 Å². The summed E-state index contributed by atoms with van der Waals surface area (Å²) in [5, 5.41) is 0. The second-order valence-corrected chi connectivity index (χ2v) is 7.79. The molecule has 0 fully saturated rings. The van der Waals surface area contributed by atoms with Crippen LogP contribution in [-0.2, 0) is 33.8 Å². The number of esters is 1. The predicted molar refractivity (Wildman–Crippen MR) is 102 cm³/mol. The number of ether oxygens (including phenoxy) is 1. The minimum atomic E-state index is -2.34. The molecule has 0 saturated carbocycles. The van der Waals surface area contributed by atoms with E-state index in [1.165, 1.54) is 0 Å². The number of nitrogens with one attached hydrogen (secondary N) is 2. The van der Waals surface area contributed by atoms with Gasteiger partial charge in [-0.25, -0.2) is 4.98 Å². The standard InChI is InChI=1S/C18H26N4O4S/c1-18(2,3)26-17(23)13-22(12-16-19-9-10-20-16)11-8-14-4-6-15(7-5-14)21-27(24)25/h4-7,9-10,21H,8,11-13H2,1-3H3,(H,19,20)(H,24,25)/p-1. The zero-order valence-electron chi connectivity index (χ0n) is 15.7. The smallest absolute Gasteiger partial charge is 0.320 e. The lowest BCUT2D eigenvalue weighted by atomic mass is 10.1. The lowest BCUT2D eigenvalue weighted by molar-refractivity contribution is -0.156. The van der Waals surface area contributed by atoms with Crippen LogP contribution >= 0.6 is 0 Å². The highest BCUT2D eigenvalue weighted by Gasteiger charge is 2.19. The number of rotatable bonds is 9. The normalized spacial score (nSPS) is 12.8. The molecule has 1 aromatic carbocycles. The number of aromatic amines is 1. The van der Waals surface area contributed by atoms with E-state index in [9.17, 15) is 13.6 Å². The van der Waals surface area contributed by atoms with Crippen LogP contribution in [0.2, 0.25) is 0 Å². The van der Waals surface area contributed by atoms with Gasteiger partial charge in [-0.3, -0.25) is 13.9 Å². The summed E-state index contributed by atoms with van der Waals surface area (Å²) in [7, 11) is 0. The molecule has 1 heterocycles. The Morgan fingerprint density at radius 2 is 2.04 bits per heavy atom. The lowest BCUT2D eigenvalue weighted by Crippen LogP contribution is -2.36. The van der Waals surface area contributed by atoms with Gasteiger partial charge in [0.25, 0.3) is 0 Å². The van der Waals surface area contributed by atoms with E-state index < -0.39 is 16.9 Å². The molecule has 27 heavy (non-hydrogen) atoms. The van der Waals surface area contributed by atoms with Crippen LogP contribution < -0.4 is 4.72 Å². The monoisotopic (exact) mass is 393 g/mol. The first-order valence-corrected chi connectivity index (χ1v) is 9.66. The Labute approximate surface area is 161 Å².